The molecule has 0 aromatic heterocycles. The van der Waals surface area contributed by atoms with Gasteiger partial charge in [0.25, 0.3) is 0 Å². The molecule has 2 saturated carbocycles. The van der Waals surface area contributed by atoms with Crippen LogP contribution in [0.1, 0.15) is 92.9 Å². The fraction of sp³-hybridized carbons (Fsp3) is 0.774. The van der Waals surface area contributed by atoms with Gasteiger partial charge in [0.05, 0.1) is 12.2 Å². The van der Waals surface area contributed by atoms with E-state index in [9.17, 15) is 29.7 Å². The van der Waals surface area contributed by atoms with Crippen molar-refractivity contribution in [3.8, 4) is 0 Å². The summed E-state index contributed by atoms with van der Waals surface area (Å²) in [6, 6.07) is 0. The second-order valence-electron chi connectivity index (χ2n) is 13.0. The lowest BCUT2D eigenvalue weighted by Gasteiger charge is -2.53. The first kappa shape index (κ1) is 29.9. The molecule has 0 bridgehead atoms. The van der Waals surface area contributed by atoms with E-state index in [1.807, 2.05) is 13.8 Å². The number of hydrogen-bond donors (Lipinski definition) is 3. The predicted octanol–water partition coefficient (Wildman–Crippen LogP) is 3.80. The highest BCUT2D eigenvalue weighted by molar-refractivity contribution is 6.04. The third-order valence-corrected chi connectivity index (χ3v) is 10.3. The van der Waals surface area contributed by atoms with Crippen LogP contribution in [0, 0.1) is 29.1 Å². The zero-order valence-electron chi connectivity index (χ0n) is 24.3. The van der Waals surface area contributed by atoms with Crippen molar-refractivity contribution >= 4 is 17.7 Å². The van der Waals surface area contributed by atoms with Crippen molar-refractivity contribution in [2.24, 2.45) is 29.1 Å². The van der Waals surface area contributed by atoms with E-state index in [4.69, 9.17) is 9.47 Å². The van der Waals surface area contributed by atoms with Crippen LogP contribution in [0.25, 0.3) is 0 Å². The quantitative estimate of drug-likeness (QED) is 0.214. The van der Waals surface area contributed by atoms with Gasteiger partial charge in [-0.3, -0.25) is 14.4 Å². The van der Waals surface area contributed by atoms with E-state index in [-0.39, 0.29) is 25.4 Å². The number of carbonyl (C=O) groups is 3. The minimum Gasteiger partial charge on any atom is -0.458 e. The summed E-state index contributed by atoms with van der Waals surface area (Å²) in [5.41, 5.74) is -4.70. The second-order valence-corrected chi connectivity index (χ2v) is 13.0. The number of aliphatic hydroxyl groups is 3. The van der Waals surface area contributed by atoms with E-state index in [0.717, 1.165) is 25.7 Å². The van der Waals surface area contributed by atoms with Crippen molar-refractivity contribution in [3.05, 3.63) is 23.3 Å². The van der Waals surface area contributed by atoms with Crippen molar-refractivity contribution in [1.29, 1.82) is 0 Å². The maximum Gasteiger partial charge on any atom is 0.306 e. The van der Waals surface area contributed by atoms with Gasteiger partial charge >= 0.3 is 11.9 Å². The van der Waals surface area contributed by atoms with E-state index >= 15 is 0 Å². The molecule has 218 valence electrons. The number of rotatable bonds is 10. The highest BCUT2D eigenvalue weighted by Gasteiger charge is 2.87. The smallest absolute Gasteiger partial charge is 0.306 e. The average Bonchev–Trinajstić information content (AvgIpc) is 3.29. The topological polar surface area (TPSA) is 130 Å². The van der Waals surface area contributed by atoms with Gasteiger partial charge in [0.1, 0.15) is 11.7 Å². The summed E-state index contributed by atoms with van der Waals surface area (Å²) in [5, 5.41) is 34.5. The van der Waals surface area contributed by atoms with Crippen molar-refractivity contribution in [1.82, 2.24) is 0 Å². The zero-order valence-corrected chi connectivity index (χ0v) is 24.3. The third kappa shape index (κ3) is 4.41. The Hall–Kier alpha value is -2.03. The van der Waals surface area contributed by atoms with Crippen LogP contribution in [0.15, 0.2) is 23.3 Å². The summed E-state index contributed by atoms with van der Waals surface area (Å²) in [4.78, 5) is 38.8. The van der Waals surface area contributed by atoms with E-state index in [1.165, 1.54) is 13.3 Å². The van der Waals surface area contributed by atoms with Crippen LogP contribution in [0.4, 0.5) is 0 Å². The number of aliphatic hydroxyl groups excluding tert-OH is 1. The first-order valence-corrected chi connectivity index (χ1v) is 14.6. The molecule has 0 aromatic carbocycles. The third-order valence-electron chi connectivity index (χ3n) is 10.3. The molecule has 4 aliphatic carbocycles. The van der Waals surface area contributed by atoms with Gasteiger partial charge in [-0.2, -0.15) is 0 Å². The lowest BCUT2D eigenvalue weighted by Crippen LogP contribution is -2.66. The molecule has 0 radical (unpaired) electrons. The number of unbranched alkanes of at least 4 members (excludes halogenated alkanes) is 5. The lowest BCUT2D eigenvalue weighted by atomic mass is 9.59. The summed E-state index contributed by atoms with van der Waals surface area (Å²) in [6.07, 6.45) is 8.72. The summed E-state index contributed by atoms with van der Waals surface area (Å²) in [6.45, 7) is 10.3. The predicted molar refractivity (Wildman–Crippen MR) is 144 cm³/mol. The van der Waals surface area contributed by atoms with Gasteiger partial charge < -0.3 is 24.8 Å². The summed E-state index contributed by atoms with van der Waals surface area (Å²) in [5.74, 6) is -4.30. The molecule has 0 unspecified atom stereocenters. The average molecular weight is 547 g/mol. The molecular weight excluding hydrogens is 500 g/mol. The molecule has 39 heavy (non-hydrogen) atoms. The van der Waals surface area contributed by atoms with Gasteiger partial charge in [0, 0.05) is 48.9 Å². The van der Waals surface area contributed by atoms with Crippen LogP contribution in [-0.4, -0.2) is 62.6 Å². The number of carbonyl (C=O) groups excluding carboxylic acids is 3. The molecule has 8 heteroatoms. The van der Waals surface area contributed by atoms with Crippen LogP contribution in [0.3, 0.4) is 0 Å². The van der Waals surface area contributed by atoms with Crippen LogP contribution in [0.5, 0.6) is 0 Å². The Morgan fingerprint density at radius 2 is 1.72 bits per heavy atom. The van der Waals surface area contributed by atoms with Crippen molar-refractivity contribution in [2.45, 2.75) is 116 Å². The zero-order chi connectivity index (χ0) is 29.0. The minimum absolute atomic E-state index is 0.109. The number of Topliss-reactive ketones (excluding diaryl/α,β-unsaturated/α-hetero) is 1. The van der Waals surface area contributed by atoms with Gasteiger partial charge in [0.2, 0.25) is 0 Å². The van der Waals surface area contributed by atoms with Gasteiger partial charge in [-0.15, -0.1) is 0 Å². The van der Waals surface area contributed by atoms with Crippen LogP contribution >= 0.6 is 0 Å². The molecule has 3 N–H and O–H groups in total. The van der Waals surface area contributed by atoms with Gasteiger partial charge in [0.15, 0.2) is 11.4 Å². The molecule has 0 saturated heterocycles. The Morgan fingerprint density at radius 1 is 1.08 bits per heavy atom. The van der Waals surface area contributed by atoms with Crippen molar-refractivity contribution in [3.63, 3.8) is 0 Å². The van der Waals surface area contributed by atoms with E-state index < -0.39 is 63.7 Å². The molecule has 0 aliphatic heterocycles. The Kier molecular flexibility index (Phi) is 8.00. The Balaban J connectivity index is 1.73. The number of fused-ring (bicyclic) bond motifs is 5. The van der Waals surface area contributed by atoms with E-state index in [0.29, 0.717) is 17.6 Å². The SMILES string of the molecule is CCCCCCCCC(=O)O[C@@]12[C@H](OC(C)=O)[C@@H](C)[C@@]3(O)[C@@H](C=C(CO)C[C@]4(O)C(=O)C(C)=C[C@@H]34)[C@@H]1C2(C)C. The van der Waals surface area contributed by atoms with Gasteiger partial charge in [-0.1, -0.05) is 72.0 Å². The molecule has 0 amide bonds. The Labute approximate surface area is 231 Å². The van der Waals surface area contributed by atoms with Crippen molar-refractivity contribution in [2.75, 3.05) is 6.61 Å². The standard InChI is InChI=1S/C31H46O8/c1-7-8-9-10-11-12-13-24(34)39-31-25(28(31,5)6)22-15-21(17-32)16-29(36)23(14-18(2)26(29)35)30(22,37)19(3)27(31)38-20(4)33/h14-15,19,22-23,25,27,32,36-37H,7-13,16-17H2,1-6H3/t19-,22+,23-,25-,27-,29-,30-,31-/m1/s1. The minimum atomic E-state index is -1.93. The molecular formula is C31H46O8. The molecule has 0 spiro atoms. The maximum atomic E-state index is 13.2. The van der Waals surface area contributed by atoms with Crippen LogP contribution < -0.4 is 0 Å². The monoisotopic (exact) mass is 546 g/mol. The first-order valence-electron chi connectivity index (χ1n) is 14.6. The Bertz CT molecular complexity index is 1070. The highest BCUT2D eigenvalue weighted by atomic mass is 16.6. The summed E-state index contributed by atoms with van der Waals surface area (Å²) >= 11 is 0. The van der Waals surface area contributed by atoms with Crippen molar-refractivity contribution < 1.29 is 39.2 Å². The van der Waals surface area contributed by atoms with Crippen LogP contribution in [0.2, 0.25) is 0 Å². The Morgan fingerprint density at radius 3 is 2.33 bits per heavy atom. The maximum absolute atomic E-state index is 13.2. The number of ketones is 1. The summed E-state index contributed by atoms with van der Waals surface area (Å²) < 4.78 is 12.2. The molecule has 2 fully saturated rings. The largest absolute Gasteiger partial charge is 0.458 e. The van der Waals surface area contributed by atoms with E-state index in [2.05, 4.69) is 6.92 Å². The molecule has 0 aromatic rings. The van der Waals surface area contributed by atoms with E-state index in [1.54, 1.807) is 26.0 Å². The highest BCUT2D eigenvalue weighted by Crippen LogP contribution is 2.77. The number of ether oxygens (including phenoxy) is 2. The summed E-state index contributed by atoms with van der Waals surface area (Å²) in [7, 11) is 0. The number of esters is 2. The van der Waals surface area contributed by atoms with Gasteiger partial charge in [-0.25, -0.2) is 0 Å². The van der Waals surface area contributed by atoms with Gasteiger partial charge in [-0.05, 0) is 24.5 Å². The number of hydrogen-bond acceptors (Lipinski definition) is 8. The fourth-order valence-electron chi connectivity index (χ4n) is 8.29. The molecule has 4 aliphatic rings. The fourth-order valence-corrected chi connectivity index (χ4v) is 8.29. The first-order chi connectivity index (χ1) is 18.2. The molecule has 4 rings (SSSR count). The molecule has 8 nitrogen and oxygen atoms in total. The lowest BCUT2D eigenvalue weighted by molar-refractivity contribution is -0.228. The van der Waals surface area contributed by atoms with Crippen LogP contribution in [-0.2, 0) is 23.9 Å². The second kappa shape index (κ2) is 10.4. The molecule has 0 heterocycles. The normalized spacial score (nSPS) is 39.9. The molecule has 8 atom stereocenters.